The lowest BCUT2D eigenvalue weighted by molar-refractivity contribution is 0.0697. The molecule has 5 heteroatoms. The molecule has 20 heavy (non-hydrogen) atoms. The quantitative estimate of drug-likeness (QED) is 0.932. The Balaban J connectivity index is 2.37. The molecule has 0 saturated carbocycles. The van der Waals surface area contributed by atoms with Crippen molar-refractivity contribution >= 4 is 11.7 Å². The zero-order valence-electron chi connectivity index (χ0n) is 10.8. The van der Waals surface area contributed by atoms with Crippen molar-refractivity contribution in [3.05, 3.63) is 65.2 Å². The van der Waals surface area contributed by atoms with Gasteiger partial charge in [-0.1, -0.05) is 24.3 Å². The van der Waals surface area contributed by atoms with Gasteiger partial charge in [-0.3, -0.25) is 0 Å². The van der Waals surface area contributed by atoms with E-state index >= 15 is 0 Å². The molecule has 0 aliphatic carbocycles. The number of aromatic carboxylic acids is 1. The molecule has 3 nitrogen and oxygen atoms in total. The first-order chi connectivity index (χ1) is 9.50. The summed E-state index contributed by atoms with van der Waals surface area (Å²) in [6.07, 6.45) is 0. The third-order valence-corrected chi connectivity index (χ3v) is 2.96. The molecule has 0 unspecified atom stereocenters. The average molecular weight is 277 g/mol. The zero-order chi connectivity index (χ0) is 14.7. The summed E-state index contributed by atoms with van der Waals surface area (Å²) in [4.78, 5) is 12.5. The lowest BCUT2D eigenvalue weighted by Gasteiger charge is -2.22. The molecule has 0 aromatic heterocycles. The Morgan fingerprint density at radius 2 is 1.75 bits per heavy atom. The van der Waals surface area contributed by atoms with Gasteiger partial charge in [-0.15, -0.1) is 0 Å². The summed E-state index contributed by atoms with van der Waals surface area (Å²) in [6, 6.07) is 9.95. The molecule has 0 aliphatic rings. The summed E-state index contributed by atoms with van der Waals surface area (Å²) in [5.41, 5.74) is 0.168. The predicted molar refractivity (Wildman–Crippen MR) is 71.9 cm³/mol. The maximum atomic E-state index is 13.9. The molecule has 2 aromatic carbocycles. The largest absolute Gasteiger partial charge is 0.478 e. The maximum absolute atomic E-state index is 13.9. The monoisotopic (exact) mass is 277 g/mol. The van der Waals surface area contributed by atoms with Gasteiger partial charge in [0.15, 0.2) is 0 Å². The van der Waals surface area contributed by atoms with Gasteiger partial charge in [0.25, 0.3) is 0 Å². The number of benzene rings is 2. The van der Waals surface area contributed by atoms with Gasteiger partial charge in [0.1, 0.15) is 11.6 Å². The Labute approximate surface area is 115 Å². The molecule has 0 heterocycles. The number of nitrogens with zero attached hydrogens (tertiary/aromatic N) is 1. The third-order valence-electron chi connectivity index (χ3n) is 2.96. The summed E-state index contributed by atoms with van der Waals surface area (Å²) in [6.45, 7) is 0.0773. The van der Waals surface area contributed by atoms with E-state index in [9.17, 15) is 13.6 Å². The standard InChI is InChI=1S/C15H13F2NO2/c1-18(9-10-5-2-3-7-12(10)16)14-11(15(19)20)6-4-8-13(14)17/h2-8H,9H2,1H3,(H,19,20). The molecule has 2 aromatic rings. The van der Waals surface area contributed by atoms with Gasteiger partial charge in [-0.05, 0) is 18.2 Å². The number of hydrogen-bond acceptors (Lipinski definition) is 2. The summed E-state index contributed by atoms with van der Waals surface area (Å²) >= 11 is 0. The van der Waals surface area contributed by atoms with E-state index in [0.29, 0.717) is 5.56 Å². The van der Waals surface area contributed by atoms with Crippen LogP contribution in [0.2, 0.25) is 0 Å². The van der Waals surface area contributed by atoms with E-state index in [1.807, 2.05) is 0 Å². The lowest BCUT2D eigenvalue weighted by atomic mass is 10.1. The molecule has 0 atom stereocenters. The molecule has 0 amide bonds. The lowest BCUT2D eigenvalue weighted by Crippen LogP contribution is -2.21. The minimum atomic E-state index is -1.22. The Hall–Kier alpha value is -2.43. The maximum Gasteiger partial charge on any atom is 0.337 e. The van der Waals surface area contributed by atoms with Crippen LogP contribution in [0.1, 0.15) is 15.9 Å². The Kier molecular flexibility index (Phi) is 3.98. The number of rotatable bonds is 4. The molecular formula is C15H13F2NO2. The van der Waals surface area contributed by atoms with E-state index in [4.69, 9.17) is 5.11 Å². The molecule has 0 bridgehead atoms. The highest BCUT2D eigenvalue weighted by Crippen LogP contribution is 2.25. The van der Waals surface area contributed by atoms with Gasteiger partial charge in [0.2, 0.25) is 0 Å². The molecule has 104 valence electrons. The first kappa shape index (κ1) is 14.0. The number of para-hydroxylation sites is 1. The first-order valence-corrected chi connectivity index (χ1v) is 5.97. The second kappa shape index (κ2) is 5.69. The van der Waals surface area contributed by atoms with Gasteiger partial charge in [0.05, 0.1) is 11.3 Å². The van der Waals surface area contributed by atoms with Crippen LogP contribution < -0.4 is 4.90 Å². The molecule has 1 N–H and O–H groups in total. The highest BCUT2D eigenvalue weighted by Gasteiger charge is 2.18. The van der Waals surface area contributed by atoms with Crippen molar-refractivity contribution in [3.8, 4) is 0 Å². The summed E-state index contributed by atoms with van der Waals surface area (Å²) < 4.78 is 27.5. The van der Waals surface area contributed by atoms with E-state index in [0.717, 1.165) is 0 Å². The van der Waals surface area contributed by atoms with Crippen molar-refractivity contribution in [2.24, 2.45) is 0 Å². The number of carboxylic acids is 1. The molecule has 2 rings (SSSR count). The van der Waals surface area contributed by atoms with Crippen molar-refractivity contribution in [1.82, 2.24) is 0 Å². The van der Waals surface area contributed by atoms with Crippen LogP contribution in [-0.4, -0.2) is 18.1 Å². The van der Waals surface area contributed by atoms with Gasteiger partial charge in [-0.2, -0.15) is 0 Å². The highest BCUT2D eigenvalue weighted by molar-refractivity contribution is 5.94. The van der Waals surface area contributed by atoms with Gasteiger partial charge < -0.3 is 10.0 Å². The van der Waals surface area contributed by atoms with E-state index in [1.165, 1.54) is 36.2 Å². The highest BCUT2D eigenvalue weighted by atomic mass is 19.1. The predicted octanol–water partition coefficient (Wildman–Crippen LogP) is 3.30. The summed E-state index contributed by atoms with van der Waals surface area (Å²) in [7, 11) is 1.53. The Bertz CT molecular complexity index is 644. The number of carbonyl (C=O) groups is 1. The van der Waals surface area contributed by atoms with Crippen LogP contribution in [0, 0.1) is 11.6 Å². The topological polar surface area (TPSA) is 40.5 Å². The van der Waals surface area contributed by atoms with E-state index in [-0.39, 0.29) is 17.8 Å². The summed E-state index contributed by atoms with van der Waals surface area (Å²) in [5, 5.41) is 9.09. The molecule has 0 radical (unpaired) electrons. The second-order valence-electron chi connectivity index (χ2n) is 4.39. The minimum Gasteiger partial charge on any atom is -0.478 e. The minimum absolute atomic E-state index is 0.0525. The van der Waals surface area contributed by atoms with Crippen LogP contribution in [0.3, 0.4) is 0 Å². The van der Waals surface area contributed by atoms with Crippen LogP contribution in [0.5, 0.6) is 0 Å². The second-order valence-corrected chi connectivity index (χ2v) is 4.39. The van der Waals surface area contributed by atoms with Crippen molar-refractivity contribution in [2.75, 3.05) is 11.9 Å². The fourth-order valence-corrected chi connectivity index (χ4v) is 2.04. The molecule has 0 aliphatic heterocycles. The molecular weight excluding hydrogens is 264 g/mol. The normalized spacial score (nSPS) is 10.3. The first-order valence-electron chi connectivity index (χ1n) is 5.97. The molecule has 0 spiro atoms. The molecule has 0 fully saturated rings. The Morgan fingerprint density at radius 1 is 1.10 bits per heavy atom. The van der Waals surface area contributed by atoms with Crippen LogP contribution in [0.15, 0.2) is 42.5 Å². The number of anilines is 1. The molecule has 0 saturated heterocycles. The zero-order valence-corrected chi connectivity index (χ0v) is 10.8. The van der Waals surface area contributed by atoms with Crippen LogP contribution in [0.25, 0.3) is 0 Å². The fourth-order valence-electron chi connectivity index (χ4n) is 2.04. The SMILES string of the molecule is CN(Cc1ccccc1F)c1c(F)cccc1C(=O)O. The van der Waals surface area contributed by atoms with E-state index in [2.05, 4.69) is 0 Å². The van der Waals surface area contributed by atoms with Crippen LogP contribution in [0.4, 0.5) is 14.5 Å². The summed E-state index contributed by atoms with van der Waals surface area (Å²) in [5.74, 6) is -2.28. The van der Waals surface area contributed by atoms with E-state index in [1.54, 1.807) is 18.2 Å². The Morgan fingerprint density at radius 3 is 2.40 bits per heavy atom. The van der Waals surface area contributed by atoms with Gasteiger partial charge in [-0.25, -0.2) is 13.6 Å². The number of carboxylic acid groups (broad SMARTS) is 1. The number of halogens is 2. The van der Waals surface area contributed by atoms with Crippen molar-refractivity contribution in [2.45, 2.75) is 6.54 Å². The van der Waals surface area contributed by atoms with Crippen molar-refractivity contribution < 1.29 is 18.7 Å². The fraction of sp³-hybridized carbons (Fsp3) is 0.133. The van der Waals surface area contributed by atoms with Crippen molar-refractivity contribution in [1.29, 1.82) is 0 Å². The smallest absolute Gasteiger partial charge is 0.337 e. The third kappa shape index (κ3) is 2.77. The van der Waals surface area contributed by atoms with Crippen LogP contribution in [-0.2, 0) is 6.54 Å². The van der Waals surface area contributed by atoms with E-state index < -0.39 is 17.6 Å². The van der Waals surface area contributed by atoms with Gasteiger partial charge in [0, 0.05) is 19.2 Å². The number of hydrogen-bond donors (Lipinski definition) is 1. The van der Waals surface area contributed by atoms with Crippen molar-refractivity contribution in [3.63, 3.8) is 0 Å². The average Bonchev–Trinajstić information content (AvgIpc) is 2.40. The van der Waals surface area contributed by atoms with Crippen LogP contribution >= 0.6 is 0 Å². The van der Waals surface area contributed by atoms with Gasteiger partial charge >= 0.3 is 5.97 Å².